The van der Waals surface area contributed by atoms with Crippen molar-refractivity contribution in [2.24, 2.45) is 0 Å². The SMILES string of the molecule is CCC(C(=O)NCc1ccco1)n1c(=O)n(-c2ccccc2F)c(=O)c2ccccc21. The van der Waals surface area contributed by atoms with Crippen molar-refractivity contribution in [2.45, 2.75) is 25.9 Å². The maximum atomic E-state index is 14.5. The first kappa shape index (κ1) is 20.3. The number of rotatable bonds is 6. The van der Waals surface area contributed by atoms with Gasteiger partial charge in [0.2, 0.25) is 5.91 Å². The van der Waals surface area contributed by atoms with Crippen LogP contribution in [0.3, 0.4) is 0 Å². The van der Waals surface area contributed by atoms with Crippen LogP contribution < -0.4 is 16.6 Å². The molecule has 7 nitrogen and oxygen atoms in total. The second kappa shape index (κ2) is 8.43. The van der Waals surface area contributed by atoms with Crippen LogP contribution in [0.15, 0.2) is 80.9 Å². The molecule has 0 aliphatic heterocycles. The van der Waals surface area contributed by atoms with Crippen molar-refractivity contribution in [2.75, 3.05) is 0 Å². The highest BCUT2D eigenvalue weighted by molar-refractivity contribution is 5.84. The van der Waals surface area contributed by atoms with Crippen molar-refractivity contribution in [3.8, 4) is 5.69 Å². The van der Waals surface area contributed by atoms with Crippen molar-refractivity contribution in [3.63, 3.8) is 0 Å². The molecule has 158 valence electrons. The van der Waals surface area contributed by atoms with Crippen LogP contribution in [0, 0.1) is 5.82 Å². The highest BCUT2D eigenvalue weighted by Gasteiger charge is 2.25. The molecule has 2 aromatic carbocycles. The van der Waals surface area contributed by atoms with E-state index < -0.39 is 29.0 Å². The van der Waals surface area contributed by atoms with E-state index in [1.807, 2.05) is 0 Å². The lowest BCUT2D eigenvalue weighted by Crippen LogP contribution is -2.44. The molecule has 1 atom stereocenters. The number of hydrogen-bond donors (Lipinski definition) is 1. The number of benzene rings is 2. The summed E-state index contributed by atoms with van der Waals surface area (Å²) in [7, 11) is 0. The van der Waals surface area contributed by atoms with Crippen LogP contribution >= 0.6 is 0 Å². The van der Waals surface area contributed by atoms with Gasteiger partial charge in [-0.25, -0.2) is 13.8 Å². The number of nitrogens with zero attached hydrogens (tertiary/aromatic N) is 2. The van der Waals surface area contributed by atoms with Gasteiger partial charge in [-0.1, -0.05) is 31.2 Å². The molecule has 1 amide bonds. The Morgan fingerprint density at radius 3 is 2.52 bits per heavy atom. The summed E-state index contributed by atoms with van der Waals surface area (Å²) in [4.78, 5) is 39.5. The van der Waals surface area contributed by atoms with E-state index in [1.54, 1.807) is 43.3 Å². The van der Waals surface area contributed by atoms with Crippen LogP contribution in [0.5, 0.6) is 0 Å². The van der Waals surface area contributed by atoms with Gasteiger partial charge in [-0.15, -0.1) is 0 Å². The van der Waals surface area contributed by atoms with Crippen LogP contribution in [0.4, 0.5) is 4.39 Å². The first-order valence-electron chi connectivity index (χ1n) is 9.84. The van der Waals surface area contributed by atoms with Crippen LogP contribution in [-0.2, 0) is 11.3 Å². The second-order valence-electron chi connectivity index (χ2n) is 6.98. The van der Waals surface area contributed by atoms with Gasteiger partial charge in [0.15, 0.2) is 0 Å². The van der Waals surface area contributed by atoms with Gasteiger partial charge in [0, 0.05) is 0 Å². The lowest BCUT2D eigenvalue weighted by Gasteiger charge is -2.21. The van der Waals surface area contributed by atoms with Gasteiger partial charge < -0.3 is 9.73 Å². The van der Waals surface area contributed by atoms with E-state index in [2.05, 4.69) is 5.32 Å². The fourth-order valence-corrected chi connectivity index (χ4v) is 3.62. The zero-order valence-corrected chi connectivity index (χ0v) is 16.7. The Morgan fingerprint density at radius 1 is 1.06 bits per heavy atom. The number of para-hydroxylation sites is 2. The van der Waals surface area contributed by atoms with E-state index in [4.69, 9.17) is 4.42 Å². The monoisotopic (exact) mass is 421 g/mol. The summed E-state index contributed by atoms with van der Waals surface area (Å²) in [6.45, 7) is 1.92. The fraction of sp³-hybridized carbons (Fsp3) is 0.174. The van der Waals surface area contributed by atoms with Crippen LogP contribution in [0.1, 0.15) is 25.1 Å². The minimum absolute atomic E-state index is 0.155. The molecule has 31 heavy (non-hydrogen) atoms. The quantitative estimate of drug-likeness (QED) is 0.518. The normalized spacial score (nSPS) is 12.1. The van der Waals surface area contributed by atoms with Crippen LogP contribution in [0.2, 0.25) is 0 Å². The minimum atomic E-state index is -0.911. The standard InChI is InChI=1S/C23H20FN3O4/c1-2-18(21(28)25-14-15-8-7-13-31-15)26-19-11-5-3-9-16(19)22(29)27(23(26)30)20-12-6-4-10-17(20)24/h3-13,18H,2,14H2,1H3,(H,25,28). The molecular formula is C23H20FN3O4. The number of carbonyl (C=O) groups excluding carboxylic acids is 1. The molecule has 0 radical (unpaired) electrons. The highest BCUT2D eigenvalue weighted by Crippen LogP contribution is 2.18. The third-order valence-corrected chi connectivity index (χ3v) is 5.11. The zero-order chi connectivity index (χ0) is 22.0. The van der Waals surface area contributed by atoms with Gasteiger partial charge in [0.25, 0.3) is 5.56 Å². The molecule has 0 saturated carbocycles. The molecule has 1 N–H and O–H groups in total. The van der Waals surface area contributed by atoms with Crippen LogP contribution in [0.25, 0.3) is 16.6 Å². The predicted molar refractivity (Wildman–Crippen MR) is 114 cm³/mol. The van der Waals surface area contributed by atoms with E-state index in [0.717, 1.165) is 4.57 Å². The Hall–Kier alpha value is -3.94. The first-order valence-corrected chi connectivity index (χ1v) is 9.84. The number of aromatic nitrogens is 2. The summed E-state index contributed by atoms with van der Waals surface area (Å²) < 4.78 is 21.7. The number of fused-ring (bicyclic) bond motifs is 1. The van der Waals surface area contributed by atoms with Gasteiger partial charge in [-0.05, 0) is 42.8 Å². The topological polar surface area (TPSA) is 86.2 Å². The maximum absolute atomic E-state index is 14.5. The number of carbonyl (C=O) groups is 1. The Labute approximate surface area is 176 Å². The summed E-state index contributed by atoms with van der Waals surface area (Å²) in [5.74, 6) is -0.555. The highest BCUT2D eigenvalue weighted by atomic mass is 19.1. The molecular weight excluding hydrogens is 401 g/mol. The molecule has 1 unspecified atom stereocenters. The lowest BCUT2D eigenvalue weighted by atomic mass is 10.1. The summed E-state index contributed by atoms with van der Waals surface area (Å²) in [5.41, 5.74) is -1.28. The van der Waals surface area contributed by atoms with Gasteiger partial charge in [0.1, 0.15) is 17.6 Å². The molecule has 4 rings (SSSR count). The second-order valence-corrected chi connectivity index (χ2v) is 6.98. The number of halogens is 1. The molecule has 4 aromatic rings. The molecule has 0 aliphatic rings. The third-order valence-electron chi connectivity index (χ3n) is 5.11. The molecule has 0 aliphatic carbocycles. The molecule has 8 heteroatoms. The van der Waals surface area contributed by atoms with Crippen molar-refractivity contribution in [1.29, 1.82) is 0 Å². The number of nitrogens with one attached hydrogen (secondary N) is 1. The number of hydrogen-bond acceptors (Lipinski definition) is 4. The molecule has 0 spiro atoms. The average molecular weight is 421 g/mol. The van der Waals surface area contributed by atoms with Gasteiger partial charge >= 0.3 is 5.69 Å². The summed E-state index contributed by atoms with van der Waals surface area (Å²) in [6, 6.07) is 14.6. The minimum Gasteiger partial charge on any atom is -0.467 e. The first-order chi connectivity index (χ1) is 15.0. The van der Waals surface area contributed by atoms with Crippen LogP contribution in [-0.4, -0.2) is 15.0 Å². The summed E-state index contributed by atoms with van der Waals surface area (Å²) >= 11 is 0. The zero-order valence-electron chi connectivity index (χ0n) is 16.7. The fourth-order valence-electron chi connectivity index (χ4n) is 3.62. The van der Waals surface area contributed by atoms with E-state index in [1.165, 1.54) is 35.1 Å². The van der Waals surface area contributed by atoms with Gasteiger partial charge in [0.05, 0.1) is 29.4 Å². The predicted octanol–water partition coefficient (Wildman–Crippen LogP) is 3.15. The largest absolute Gasteiger partial charge is 0.467 e. The molecule has 2 aromatic heterocycles. The molecule has 0 fully saturated rings. The Kier molecular flexibility index (Phi) is 5.53. The van der Waals surface area contributed by atoms with Crippen molar-refractivity contribution in [1.82, 2.24) is 14.5 Å². The third kappa shape index (κ3) is 3.68. The molecule has 2 heterocycles. The summed E-state index contributed by atoms with van der Waals surface area (Å²) in [6.07, 6.45) is 1.78. The van der Waals surface area contributed by atoms with E-state index in [-0.39, 0.29) is 24.0 Å². The van der Waals surface area contributed by atoms with Gasteiger partial charge in [-0.2, -0.15) is 0 Å². The van der Waals surface area contributed by atoms with Gasteiger partial charge in [-0.3, -0.25) is 14.2 Å². The maximum Gasteiger partial charge on any atom is 0.336 e. The number of amides is 1. The Bertz CT molecular complexity index is 1360. The van der Waals surface area contributed by atoms with Crippen molar-refractivity contribution < 1.29 is 13.6 Å². The smallest absolute Gasteiger partial charge is 0.336 e. The van der Waals surface area contributed by atoms with E-state index >= 15 is 0 Å². The molecule has 0 saturated heterocycles. The Morgan fingerprint density at radius 2 is 1.81 bits per heavy atom. The summed E-state index contributed by atoms with van der Waals surface area (Å²) in [5, 5.41) is 2.97. The Balaban J connectivity index is 1.90. The average Bonchev–Trinajstić information content (AvgIpc) is 3.30. The van der Waals surface area contributed by atoms with Crippen molar-refractivity contribution >= 4 is 16.8 Å². The molecule has 0 bridgehead atoms. The van der Waals surface area contributed by atoms with E-state index in [9.17, 15) is 18.8 Å². The number of furan rings is 1. The van der Waals surface area contributed by atoms with Crippen molar-refractivity contribution in [3.05, 3.63) is 99.3 Å². The lowest BCUT2D eigenvalue weighted by molar-refractivity contribution is -0.124. The van der Waals surface area contributed by atoms with E-state index in [0.29, 0.717) is 11.3 Å².